The lowest BCUT2D eigenvalue weighted by atomic mass is 9.95. The fourth-order valence-corrected chi connectivity index (χ4v) is 2.59. The van der Waals surface area contributed by atoms with Crippen LogP contribution in [-0.4, -0.2) is 23.0 Å². The van der Waals surface area contributed by atoms with Crippen molar-refractivity contribution in [3.8, 4) is 5.75 Å². The van der Waals surface area contributed by atoms with E-state index in [0.29, 0.717) is 0 Å². The van der Waals surface area contributed by atoms with Crippen LogP contribution in [0.25, 0.3) is 0 Å². The van der Waals surface area contributed by atoms with Gasteiger partial charge in [-0.05, 0) is 12.8 Å². The molecule has 21 heavy (non-hydrogen) atoms. The van der Waals surface area contributed by atoms with Crippen LogP contribution >= 0.6 is 0 Å². The van der Waals surface area contributed by atoms with Crippen molar-refractivity contribution in [1.82, 2.24) is 0 Å². The summed E-state index contributed by atoms with van der Waals surface area (Å²) in [5.74, 6) is 0.126. The van der Waals surface area contributed by atoms with Crippen molar-refractivity contribution in [2.45, 2.75) is 38.1 Å². The maximum Gasteiger partial charge on any atom is 0.303 e. The van der Waals surface area contributed by atoms with Crippen LogP contribution in [0.1, 0.15) is 32.1 Å². The van der Waals surface area contributed by atoms with Crippen molar-refractivity contribution in [1.29, 1.82) is 0 Å². The van der Waals surface area contributed by atoms with Gasteiger partial charge in [-0.15, -0.1) is 0 Å². The number of nitrogens with zero attached hydrogens (tertiary/aromatic N) is 2. The molecule has 1 aliphatic rings. The number of nitrogens with one attached hydrogen (secondary N) is 1. The molecule has 0 unspecified atom stereocenters. The van der Waals surface area contributed by atoms with Gasteiger partial charge in [0.05, 0.1) is 29.1 Å². The van der Waals surface area contributed by atoms with Gasteiger partial charge in [-0.25, -0.2) is 0 Å². The lowest BCUT2D eigenvalue weighted by Gasteiger charge is -2.24. The smallest absolute Gasteiger partial charge is 0.303 e. The van der Waals surface area contributed by atoms with Crippen molar-refractivity contribution in [2.75, 3.05) is 12.4 Å². The Kier molecular flexibility index (Phi) is 4.56. The fourth-order valence-electron chi connectivity index (χ4n) is 2.59. The summed E-state index contributed by atoms with van der Waals surface area (Å²) in [7, 11) is 1.34. The van der Waals surface area contributed by atoms with Gasteiger partial charge < -0.3 is 10.1 Å². The quantitative estimate of drug-likeness (QED) is 0.659. The van der Waals surface area contributed by atoms with E-state index in [4.69, 9.17) is 4.74 Å². The molecule has 1 aromatic rings. The first-order valence-corrected chi connectivity index (χ1v) is 6.80. The first-order valence-electron chi connectivity index (χ1n) is 6.80. The predicted molar refractivity (Wildman–Crippen MR) is 76.8 cm³/mol. The van der Waals surface area contributed by atoms with Gasteiger partial charge in [-0.2, -0.15) is 0 Å². The van der Waals surface area contributed by atoms with Gasteiger partial charge in [0.25, 0.3) is 5.69 Å². The van der Waals surface area contributed by atoms with Crippen molar-refractivity contribution in [2.24, 2.45) is 0 Å². The Hall–Kier alpha value is -2.38. The number of benzene rings is 1. The molecule has 0 radical (unpaired) electrons. The molecule has 1 saturated carbocycles. The van der Waals surface area contributed by atoms with Gasteiger partial charge in [0.2, 0.25) is 0 Å². The van der Waals surface area contributed by atoms with E-state index in [1.807, 2.05) is 0 Å². The molecule has 0 amide bonds. The fraction of sp³-hybridized carbons (Fsp3) is 0.538. The average Bonchev–Trinajstić information content (AvgIpc) is 2.47. The summed E-state index contributed by atoms with van der Waals surface area (Å²) in [6, 6.07) is 2.30. The van der Waals surface area contributed by atoms with Gasteiger partial charge in [0.1, 0.15) is 0 Å². The van der Waals surface area contributed by atoms with E-state index in [1.54, 1.807) is 0 Å². The highest BCUT2D eigenvalue weighted by molar-refractivity contribution is 5.74. The summed E-state index contributed by atoms with van der Waals surface area (Å²) in [6.45, 7) is 0. The van der Waals surface area contributed by atoms with Crippen LogP contribution in [0.3, 0.4) is 0 Å². The van der Waals surface area contributed by atoms with Crippen molar-refractivity contribution < 1.29 is 14.6 Å². The number of non-ortho nitro benzene ring substituents is 1. The maximum absolute atomic E-state index is 11.2. The summed E-state index contributed by atoms with van der Waals surface area (Å²) < 4.78 is 5.10. The summed E-state index contributed by atoms with van der Waals surface area (Å²) in [4.78, 5) is 20.8. The largest absolute Gasteiger partial charge is 0.494 e. The number of rotatable bonds is 5. The molecule has 0 spiro atoms. The Labute approximate surface area is 121 Å². The molecule has 1 fully saturated rings. The van der Waals surface area contributed by atoms with Crippen LogP contribution in [0.2, 0.25) is 0 Å². The second kappa shape index (κ2) is 6.38. The first-order chi connectivity index (χ1) is 10.0. The zero-order valence-electron chi connectivity index (χ0n) is 11.7. The molecule has 0 atom stereocenters. The van der Waals surface area contributed by atoms with Gasteiger partial charge in [0.15, 0.2) is 11.4 Å². The molecular weight excluding hydrogens is 278 g/mol. The number of nitro groups is 2. The Morgan fingerprint density at radius 2 is 1.81 bits per heavy atom. The van der Waals surface area contributed by atoms with Crippen LogP contribution in [0.15, 0.2) is 12.1 Å². The van der Waals surface area contributed by atoms with Crippen LogP contribution in [0, 0.1) is 20.2 Å². The molecule has 1 N–H and O–H groups in total. The third-order valence-electron chi connectivity index (χ3n) is 3.65. The molecule has 0 aromatic heterocycles. The number of ether oxygens (including phenoxy) is 1. The highest BCUT2D eigenvalue weighted by Crippen LogP contribution is 2.39. The average molecular weight is 295 g/mol. The number of hydrogen-bond acceptors (Lipinski definition) is 6. The second-order valence-electron chi connectivity index (χ2n) is 5.04. The normalized spacial score (nSPS) is 15.5. The lowest BCUT2D eigenvalue weighted by Crippen LogP contribution is -2.23. The summed E-state index contributed by atoms with van der Waals surface area (Å²) in [5, 5.41) is 25.2. The molecule has 1 aliphatic carbocycles. The highest BCUT2D eigenvalue weighted by Gasteiger charge is 2.27. The highest BCUT2D eigenvalue weighted by atomic mass is 16.6. The maximum atomic E-state index is 11.2. The van der Waals surface area contributed by atoms with Gasteiger partial charge in [-0.1, -0.05) is 19.3 Å². The minimum atomic E-state index is -0.667. The van der Waals surface area contributed by atoms with Crippen LogP contribution in [0.4, 0.5) is 17.1 Å². The predicted octanol–water partition coefficient (Wildman–Crippen LogP) is 3.26. The summed E-state index contributed by atoms with van der Waals surface area (Å²) in [5.41, 5.74) is -0.459. The van der Waals surface area contributed by atoms with E-state index in [9.17, 15) is 20.2 Å². The van der Waals surface area contributed by atoms with Gasteiger partial charge in [-0.3, -0.25) is 20.2 Å². The Morgan fingerprint density at radius 3 is 2.33 bits per heavy atom. The van der Waals surface area contributed by atoms with E-state index in [-0.39, 0.29) is 28.9 Å². The Balaban J connectivity index is 2.40. The monoisotopic (exact) mass is 295 g/mol. The van der Waals surface area contributed by atoms with E-state index in [2.05, 4.69) is 5.32 Å². The van der Waals surface area contributed by atoms with Crippen LogP contribution in [0.5, 0.6) is 5.75 Å². The van der Waals surface area contributed by atoms with E-state index in [0.717, 1.165) is 38.2 Å². The zero-order valence-corrected chi connectivity index (χ0v) is 11.7. The zero-order chi connectivity index (χ0) is 15.4. The van der Waals surface area contributed by atoms with Gasteiger partial charge in [0, 0.05) is 6.04 Å². The summed E-state index contributed by atoms with van der Waals surface area (Å²) in [6.07, 6.45) is 5.16. The van der Waals surface area contributed by atoms with E-state index < -0.39 is 9.85 Å². The molecule has 2 rings (SSSR count). The molecule has 0 saturated heterocycles. The number of anilines is 1. The van der Waals surface area contributed by atoms with Gasteiger partial charge >= 0.3 is 5.69 Å². The minimum absolute atomic E-state index is 0.126. The molecule has 0 bridgehead atoms. The molecule has 0 aliphatic heterocycles. The van der Waals surface area contributed by atoms with E-state index in [1.165, 1.54) is 13.2 Å². The third-order valence-corrected chi connectivity index (χ3v) is 3.65. The van der Waals surface area contributed by atoms with Crippen LogP contribution in [-0.2, 0) is 0 Å². The standard InChI is InChI=1S/C13H17N3O5/c1-21-12-8-10(15(17)18)7-11(16(19)20)13(12)14-9-5-3-2-4-6-9/h7-9,14H,2-6H2,1H3. The van der Waals surface area contributed by atoms with Crippen molar-refractivity contribution in [3.63, 3.8) is 0 Å². The number of methoxy groups -OCH3 is 1. The molecule has 8 nitrogen and oxygen atoms in total. The Morgan fingerprint density at radius 1 is 1.14 bits per heavy atom. The second-order valence-corrected chi connectivity index (χ2v) is 5.04. The van der Waals surface area contributed by atoms with E-state index >= 15 is 0 Å². The topological polar surface area (TPSA) is 108 Å². The minimum Gasteiger partial charge on any atom is -0.494 e. The lowest BCUT2D eigenvalue weighted by molar-refractivity contribution is -0.393. The molecular formula is C13H17N3O5. The molecule has 8 heteroatoms. The first kappa shape index (κ1) is 15.0. The third kappa shape index (κ3) is 3.39. The molecule has 114 valence electrons. The van der Waals surface area contributed by atoms with Crippen LogP contribution < -0.4 is 10.1 Å². The number of nitro benzene ring substituents is 2. The van der Waals surface area contributed by atoms with Crippen molar-refractivity contribution >= 4 is 17.1 Å². The summed E-state index contributed by atoms with van der Waals surface area (Å²) >= 11 is 0. The Bertz CT molecular complexity index is 555. The number of hydrogen-bond donors (Lipinski definition) is 1. The SMILES string of the molecule is COc1cc([N+](=O)[O-])cc([N+](=O)[O-])c1NC1CCCCC1. The molecule has 0 heterocycles. The molecule has 1 aromatic carbocycles. The van der Waals surface area contributed by atoms with Crippen molar-refractivity contribution in [3.05, 3.63) is 32.4 Å².